The lowest BCUT2D eigenvalue weighted by Gasteiger charge is -2.26. The first-order valence-corrected chi connectivity index (χ1v) is 7.87. The number of aromatic amines is 1. The van der Waals surface area contributed by atoms with Crippen molar-refractivity contribution in [3.8, 4) is 0 Å². The third-order valence-electron chi connectivity index (χ3n) is 4.63. The molecule has 0 unspecified atom stereocenters. The maximum atomic E-state index is 12.9. The van der Waals surface area contributed by atoms with Gasteiger partial charge >= 0.3 is 0 Å². The second-order valence-corrected chi connectivity index (χ2v) is 6.46. The lowest BCUT2D eigenvalue weighted by molar-refractivity contribution is -0.121. The molecule has 2 aliphatic rings. The van der Waals surface area contributed by atoms with E-state index < -0.39 is 0 Å². The zero-order valence-electron chi connectivity index (χ0n) is 11.9. The Labute approximate surface area is 132 Å². The van der Waals surface area contributed by atoms with Crippen molar-refractivity contribution in [1.29, 1.82) is 0 Å². The average molecular weight is 318 g/mol. The summed E-state index contributed by atoms with van der Waals surface area (Å²) < 4.78 is 0. The normalized spacial score (nSPS) is 24.4. The lowest BCUT2D eigenvalue weighted by atomic mass is 10.1. The number of amides is 2. The van der Waals surface area contributed by atoms with Gasteiger partial charge in [-0.3, -0.25) is 9.59 Å². The van der Waals surface area contributed by atoms with Crippen LogP contribution in [0.2, 0.25) is 5.02 Å². The number of hydrogen-bond acceptors (Lipinski definition) is 2. The van der Waals surface area contributed by atoms with E-state index in [1.54, 1.807) is 0 Å². The van der Waals surface area contributed by atoms with Crippen molar-refractivity contribution in [2.24, 2.45) is 0 Å². The van der Waals surface area contributed by atoms with Crippen molar-refractivity contribution >= 4 is 34.3 Å². The Morgan fingerprint density at radius 3 is 2.91 bits per heavy atom. The fourth-order valence-electron chi connectivity index (χ4n) is 3.56. The van der Waals surface area contributed by atoms with Gasteiger partial charge in [-0.05, 0) is 31.0 Å². The maximum absolute atomic E-state index is 12.9. The molecule has 114 valence electrons. The smallest absolute Gasteiger partial charge is 0.270 e. The fraction of sp³-hybridized carbons (Fsp3) is 0.375. The van der Waals surface area contributed by atoms with Gasteiger partial charge in [-0.1, -0.05) is 17.7 Å². The van der Waals surface area contributed by atoms with Crippen LogP contribution >= 0.6 is 11.6 Å². The van der Waals surface area contributed by atoms with Crippen LogP contribution in [0.1, 0.15) is 29.8 Å². The zero-order valence-corrected chi connectivity index (χ0v) is 12.7. The topological polar surface area (TPSA) is 65.2 Å². The number of nitrogens with one attached hydrogen (secondary N) is 2. The van der Waals surface area contributed by atoms with E-state index >= 15 is 0 Å². The third-order valence-corrected chi connectivity index (χ3v) is 4.86. The van der Waals surface area contributed by atoms with Crippen LogP contribution in [0.3, 0.4) is 0 Å². The van der Waals surface area contributed by atoms with Gasteiger partial charge < -0.3 is 15.2 Å². The van der Waals surface area contributed by atoms with Gasteiger partial charge in [0, 0.05) is 41.0 Å². The first-order chi connectivity index (χ1) is 10.6. The van der Waals surface area contributed by atoms with Crippen LogP contribution in [-0.4, -0.2) is 40.3 Å². The molecule has 4 rings (SSSR count). The molecule has 22 heavy (non-hydrogen) atoms. The number of carbonyl (C=O) groups is 2. The molecule has 2 aromatic rings. The summed E-state index contributed by atoms with van der Waals surface area (Å²) in [6, 6.07) is 7.48. The first kappa shape index (κ1) is 13.6. The van der Waals surface area contributed by atoms with Gasteiger partial charge in [-0.2, -0.15) is 0 Å². The molecular formula is C16H16ClN3O2. The number of hydrogen-bond donors (Lipinski definition) is 2. The lowest BCUT2D eigenvalue weighted by Crippen LogP contribution is -2.42. The van der Waals surface area contributed by atoms with Crippen LogP contribution in [0, 0.1) is 0 Å². The van der Waals surface area contributed by atoms with E-state index in [4.69, 9.17) is 11.6 Å². The largest absolute Gasteiger partial charge is 0.354 e. The minimum Gasteiger partial charge on any atom is -0.354 e. The number of nitrogens with zero attached hydrogens (tertiary/aromatic N) is 1. The maximum Gasteiger partial charge on any atom is 0.270 e. The van der Waals surface area contributed by atoms with Crippen molar-refractivity contribution in [2.75, 3.05) is 6.54 Å². The molecule has 0 radical (unpaired) electrons. The van der Waals surface area contributed by atoms with E-state index in [2.05, 4.69) is 10.3 Å². The van der Waals surface area contributed by atoms with Crippen LogP contribution in [-0.2, 0) is 4.79 Å². The Morgan fingerprint density at radius 1 is 1.23 bits per heavy atom. The number of rotatable bonds is 1. The van der Waals surface area contributed by atoms with Crippen molar-refractivity contribution < 1.29 is 9.59 Å². The van der Waals surface area contributed by atoms with E-state index in [1.165, 1.54) is 0 Å². The summed E-state index contributed by atoms with van der Waals surface area (Å²) in [6.45, 7) is 0.549. The fourth-order valence-corrected chi connectivity index (χ4v) is 3.74. The second-order valence-electron chi connectivity index (χ2n) is 6.02. The number of halogens is 1. The first-order valence-electron chi connectivity index (χ1n) is 7.49. The van der Waals surface area contributed by atoms with Crippen molar-refractivity contribution in [2.45, 2.75) is 31.3 Å². The Hall–Kier alpha value is -2.01. The third kappa shape index (κ3) is 2.16. The summed E-state index contributed by atoms with van der Waals surface area (Å²) in [5, 5.41) is 4.49. The Balaban J connectivity index is 1.69. The molecule has 0 saturated carbocycles. The molecule has 0 spiro atoms. The summed E-state index contributed by atoms with van der Waals surface area (Å²) in [5.74, 6) is 0.00440. The molecule has 2 fully saturated rings. The summed E-state index contributed by atoms with van der Waals surface area (Å²) in [6.07, 6.45) is 2.24. The van der Waals surface area contributed by atoms with Gasteiger partial charge in [0.1, 0.15) is 5.69 Å². The van der Waals surface area contributed by atoms with Gasteiger partial charge in [0.05, 0.1) is 0 Å². The van der Waals surface area contributed by atoms with Crippen LogP contribution in [0.25, 0.3) is 10.9 Å². The van der Waals surface area contributed by atoms with Crippen LogP contribution in [0.15, 0.2) is 24.3 Å². The Kier molecular flexibility index (Phi) is 3.11. The molecule has 2 N–H and O–H groups in total. The minimum absolute atomic E-state index is 0.00926. The molecule has 6 heteroatoms. The quantitative estimate of drug-likeness (QED) is 0.847. The van der Waals surface area contributed by atoms with Crippen LogP contribution in [0.4, 0.5) is 0 Å². The number of H-pyrrole nitrogens is 1. The predicted octanol–water partition coefficient (Wildman–Crippen LogP) is 2.31. The highest BCUT2D eigenvalue weighted by atomic mass is 35.5. The molecule has 0 aliphatic carbocycles. The van der Waals surface area contributed by atoms with E-state index in [1.807, 2.05) is 29.2 Å². The van der Waals surface area contributed by atoms with E-state index in [0.29, 0.717) is 23.7 Å². The predicted molar refractivity (Wildman–Crippen MR) is 83.9 cm³/mol. The molecule has 2 bridgehead atoms. The van der Waals surface area contributed by atoms with Gasteiger partial charge in [0.25, 0.3) is 5.91 Å². The molecular weight excluding hydrogens is 302 g/mol. The molecule has 1 aromatic heterocycles. The van der Waals surface area contributed by atoms with Gasteiger partial charge in [-0.15, -0.1) is 0 Å². The van der Waals surface area contributed by atoms with E-state index in [9.17, 15) is 9.59 Å². The second kappa shape index (κ2) is 5.02. The van der Waals surface area contributed by atoms with Gasteiger partial charge in [-0.25, -0.2) is 0 Å². The number of fused-ring (bicyclic) bond motifs is 3. The van der Waals surface area contributed by atoms with E-state index in [0.717, 1.165) is 23.7 Å². The molecule has 3 heterocycles. The standard InChI is InChI=1S/C16H16ClN3O2/c17-10-2-1-9-5-14(19-13(9)6-10)16(22)20-11-3-4-12(20)8-18-15(21)7-11/h1-2,5-6,11-12,19H,3-4,7-8H2,(H,18,21)/t11-,12+/m1/s1. The Bertz CT molecular complexity index is 770. The van der Waals surface area contributed by atoms with Crippen molar-refractivity contribution in [3.05, 3.63) is 35.0 Å². The molecule has 1 aromatic carbocycles. The molecule has 2 saturated heterocycles. The number of benzene rings is 1. The summed E-state index contributed by atoms with van der Waals surface area (Å²) in [7, 11) is 0. The van der Waals surface area contributed by atoms with Crippen molar-refractivity contribution in [1.82, 2.24) is 15.2 Å². The van der Waals surface area contributed by atoms with E-state index in [-0.39, 0.29) is 23.9 Å². The molecule has 2 aliphatic heterocycles. The molecule has 2 amide bonds. The van der Waals surface area contributed by atoms with Crippen LogP contribution < -0.4 is 5.32 Å². The molecule has 2 atom stereocenters. The SMILES string of the molecule is O=C1C[C@H]2CC[C@@H](CN1)N2C(=O)c1cc2ccc(Cl)cc2[nH]1. The zero-order chi connectivity index (χ0) is 15.3. The summed E-state index contributed by atoms with van der Waals surface area (Å²) in [5.41, 5.74) is 1.41. The highest BCUT2D eigenvalue weighted by Crippen LogP contribution is 2.30. The van der Waals surface area contributed by atoms with Crippen molar-refractivity contribution in [3.63, 3.8) is 0 Å². The van der Waals surface area contributed by atoms with Gasteiger partial charge in [0.2, 0.25) is 5.91 Å². The monoisotopic (exact) mass is 317 g/mol. The number of carbonyl (C=O) groups excluding carboxylic acids is 2. The summed E-state index contributed by atoms with van der Waals surface area (Å²) >= 11 is 5.99. The number of aromatic nitrogens is 1. The highest BCUT2D eigenvalue weighted by Gasteiger charge is 2.40. The summed E-state index contributed by atoms with van der Waals surface area (Å²) in [4.78, 5) is 29.6. The Morgan fingerprint density at radius 2 is 2.05 bits per heavy atom. The molecule has 5 nitrogen and oxygen atoms in total. The van der Waals surface area contributed by atoms with Crippen LogP contribution in [0.5, 0.6) is 0 Å². The average Bonchev–Trinajstić information content (AvgIpc) is 3.02. The minimum atomic E-state index is -0.0312. The van der Waals surface area contributed by atoms with Gasteiger partial charge in [0.15, 0.2) is 0 Å². The highest BCUT2D eigenvalue weighted by molar-refractivity contribution is 6.31.